The van der Waals surface area contributed by atoms with Crippen LogP contribution in [0.25, 0.3) is 0 Å². The van der Waals surface area contributed by atoms with Crippen molar-refractivity contribution in [1.82, 2.24) is 5.32 Å². The number of phosphoric acid groups is 2. The molecule has 21 atom stereocenters. The molecule has 85 heavy (non-hydrogen) atoms. The second-order valence-electron chi connectivity index (χ2n) is 24.1. The maximum absolute atomic E-state index is 13.8. The summed E-state index contributed by atoms with van der Waals surface area (Å²) < 4.78 is 57.9. The first kappa shape index (κ1) is 78.3. The first-order chi connectivity index (χ1) is 40.5. The zero-order valence-electron chi connectivity index (χ0n) is 50.7. The SMILES string of the molecule is CCCCCCCCCCCCCCCCCCCC(=O)N[C@@H](COP(=O)(O)O[C@H]1C(O)C(O)C(O)[C@@H](O)C1O[C@H]1O[C@H](COP(=O)(O)OC2C(O)C(O)C(O)[C@@H](O)C2O)[C@@H](O)C(O)C1O)[C@H](O)CCCCCCCCCCCCCCCCC. The van der Waals surface area contributed by atoms with E-state index in [-0.39, 0.29) is 12.8 Å². The summed E-state index contributed by atoms with van der Waals surface area (Å²) in [6.45, 7) is 2.41. The summed E-state index contributed by atoms with van der Waals surface area (Å²) in [7, 11) is -11.0. The second-order valence-corrected chi connectivity index (χ2v) is 26.9. The molecule has 0 aromatic rings. The maximum atomic E-state index is 13.8. The van der Waals surface area contributed by atoms with Gasteiger partial charge in [-0.2, -0.15) is 0 Å². The molecule has 3 aliphatic rings. The highest BCUT2D eigenvalue weighted by molar-refractivity contribution is 7.47. The van der Waals surface area contributed by atoms with E-state index < -0.39 is 151 Å². The number of unbranched alkanes of at least 4 members (excludes halogenated alkanes) is 30. The van der Waals surface area contributed by atoms with Gasteiger partial charge in [-0.1, -0.05) is 213 Å². The minimum atomic E-state index is -5.50. The third-order valence-electron chi connectivity index (χ3n) is 16.8. The first-order valence-corrected chi connectivity index (χ1v) is 35.2. The molecule has 1 heterocycles. The van der Waals surface area contributed by atoms with E-state index in [1.165, 1.54) is 135 Å². The van der Waals surface area contributed by atoms with E-state index in [9.17, 15) is 90.1 Å². The van der Waals surface area contributed by atoms with Gasteiger partial charge < -0.3 is 91.0 Å². The van der Waals surface area contributed by atoms with Gasteiger partial charge in [0.25, 0.3) is 0 Å². The number of amides is 1. The van der Waals surface area contributed by atoms with Crippen molar-refractivity contribution in [2.75, 3.05) is 13.2 Å². The van der Waals surface area contributed by atoms with Crippen molar-refractivity contribution in [3.63, 3.8) is 0 Å². The van der Waals surface area contributed by atoms with E-state index in [1.54, 1.807) is 0 Å². The van der Waals surface area contributed by atoms with Crippen molar-refractivity contribution in [2.24, 2.45) is 0 Å². The molecule has 13 unspecified atom stereocenters. The lowest BCUT2D eigenvalue weighted by molar-refractivity contribution is -0.337. The van der Waals surface area contributed by atoms with Gasteiger partial charge in [0, 0.05) is 6.42 Å². The number of nitrogens with one attached hydrogen (secondary N) is 1. The monoisotopic (exact) mass is 1270 g/mol. The van der Waals surface area contributed by atoms with E-state index in [2.05, 4.69) is 19.2 Å². The first-order valence-electron chi connectivity index (χ1n) is 32.2. The number of hydrogen-bond donors (Lipinski definition) is 16. The topological polar surface area (TPSA) is 422 Å². The van der Waals surface area contributed by atoms with Crippen LogP contribution < -0.4 is 5.32 Å². The molecule has 1 amide bonds. The van der Waals surface area contributed by atoms with Crippen LogP contribution in [0.3, 0.4) is 0 Å². The smallest absolute Gasteiger partial charge is 0.391 e. The summed E-state index contributed by atoms with van der Waals surface area (Å²) in [6.07, 6.45) is -1.90. The highest BCUT2D eigenvalue weighted by atomic mass is 31.2. The Labute approximate surface area is 504 Å². The summed E-state index contributed by atoms with van der Waals surface area (Å²) in [5.41, 5.74) is 0. The fourth-order valence-corrected chi connectivity index (χ4v) is 13.2. The Morgan fingerprint density at radius 1 is 0.424 bits per heavy atom. The van der Waals surface area contributed by atoms with Crippen LogP contribution in [0.1, 0.15) is 232 Å². The molecule has 0 bridgehead atoms. The molecule has 2 aliphatic carbocycles. The Kier molecular flexibility index (Phi) is 39.6. The molecule has 1 saturated heterocycles. The lowest BCUT2D eigenvalue weighted by atomic mass is 9.84. The molecular weight excluding hydrogens is 1160 g/mol. The fourth-order valence-electron chi connectivity index (χ4n) is 11.3. The molecule has 504 valence electrons. The predicted octanol–water partition coefficient (Wildman–Crippen LogP) is 4.61. The van der Waals surface area contributed by atoms with Crippen molar-refractivity contribution in [3.8, 4) is 0 Å². The van der Waals surface area contributed by atoms with Crippen LogP contribution in [0.4, 0.5) is 0 Å². The molecule has 27 heteroatoms. The molecule has 0 aromatic carbocycles. The number of hydrogen-bond acceptors (Lipinski definition) is 22. The molecule has 0 radical (unpaired) electrons. The normalized spacial score (nSPS) is 32.2. The second kappa shape index (κ2) is 43.0. The van der Waals surface area contributed by atoms with E-state index in [0.29, 0.717) is 12.8 Å². The maximum Gasteiger partial charge on any atom is 0.472 e. The number of aliphatic hydroxyl groups is 13. The number of aliphatic hydroxyl groups excluding tert-OH is 13. The third-order valence-corrected chi connectivity index (χ3v) is 18.8. The van der Waals surface area contributed by atoms with Gasteiger partial charge in [0.05, 0.1) is 25.4 Å². The lowest BCUT2D eigenvalue weighted by Gasteiger charge is -2.47. The van der Waals surface area contributed by atoms with Crippen LogP contribution >= 0.6 is 15.6 Å². The van der Waals surface area contributed by atoms with Gasteiger partial charge in [0.1, 0.15) is 97.7 Å². The zero-order valence-corrected chi connectivity index (χ0v) is 52.5. The van der Waals surface area contributed by atoms with Crippen LogP contribution in [0.5, 0.6) is 0 Å². The Morgan fingerprint density at radius 2 is 0.753 bits per heavy atom. The van der Waals surface area contributed by atoms with Gasteiger partial charge in [-0.3, -0.25) is 22.9 Å². The van der Waals surface area contributed by atoms with Gasteiger partial charge in [0.2, 0.25) is 5.91 Å². The minimum Gasteiger partial charge on any atom is -0.391 e. The molecular formula is C58H113NO24P2. The number of phosphoric ester groups is 2. The van der Waals surface area contributed by atoms with Crippen molar-refractivity contribution in [1.29, 1.82) is 0 Å². The van der Waals surface area contributed by atoms with E-state index in [1.807, 2.05) is 0 Å². The molecule has 0 aromatic heterocycles. The van der Waals surface area contributed by atoms with E-state index >= 15 is 0 Å². The van der Waals surface area contributed by atoms with E-state index in [4.69, 9.17) is 27.6 Å². The van der Waals surface area contributed by atoms with Gasteiger partial charge in [-0.05, 0) is 12.8 Å². The number of carbonyl (C=O) groups excluding carboxylic acids is 1. The predicted molar refractivity (Wildman–Crippen MR) is 313 cm³/mol. The van der Waals surface area contributed by atoms with Crippen LogP contribution in [0.2, 0.25) is 0 Å². The molecule has 1 aliphatic heterocycles. The largest absolute Gasteiger partial charge is 0.472 e. The number of rotatable bonds is 48. The fraction of sp³-hybridized carbons (Fsp3) is 0.983. The summed E-state index contributed by atoms with van der Waals surface area (Å²) in [4.78, 5) is 34.9. The molecule has 16 N–H and O–H groups in total. The number of carbonyl (C=O) groups is 1. The zero-order chi connectivity index (χ0) is 63.0. The van der Waals surface area contributed by atoms with Gasteiger partial charge in [0.15, 0.2) is 6.29 Å². The summed E-state index contributed by atoms with van der Waals surface area (Å²) >= 11 is 0. The van der Waals surface area contributed by atoms with Crippen molar-refractivity contribution >= 4 is 21.6 Å². The summed E-state index contributed by atoms with van der Waals surface area (Å²) in [5.74, 6) is -0.436. The minimum absolute atomic E-state index is 0.108. The van der Waals surface area contributed by atoms with E-state index in [0.717, 1.165) is 57.8 Å². The third kappa shape index (κ3) is 29.1. The molecule has 3 fully saturated rings. The Bertz CT molecular complexity index is 1820. The van der Waals surface area contributed by atoms with Crippen molar-refractivity contribution in [2.45, 2.75) is 348 Å². The Hall–Kier alpha value is -0.910. The van der Waals surface area contributed by atoms with Gasteiger partial charge >= 0.3 is 15.6 Å². The highest BCUT2D eigenvalue weighted by Gasteiger charge is 2.56. The standard InChI is InChI=1S/C58H113NO24P2/c1-3-5-7-9-11-13-15-17-19-20-22-24-26-28-30-32-34-36-42(61)59-39(40(60)35-33-31-29-27-25-23-21-18-16-14-12-10-8-6-4-2)37-78-84(74,75)83-57-53(72)49(68)48(67)52(71)56(57)81-58-54(73)44(63)43(62)41(80-58)38-79-85(76,77)82-55-50(69)46(65)45(64)47(66)51(55)70/h39-41,43-58,60,62-73H,3-38H2,1-2H3,(H,59,61)(H,74,75)(H,76,77)/t39-,40+,41+,43+,44?,45?,46+,47?,48?,49?,50?,51?,52+,53?,54?,55?,56?,57-,58+/m0/s1. The van der Waals surface area contributed by atoms with Crippen LogP contribution in [0, 0.1) is 0 Å². The molecule has 2 saturated carbocycles. The quantitative estimate of drug-likeness (QED) is 0.0292. The Balaban J connectivity index is 1.60. The summed E-state index contributed by atoms with van der Waals surface area (Å²) in [5, 5.41) is 140. The van der Waals surface area contributed by atoms with Crippen LogP contribution in [0.15, 0.2) is 0 Å². The average Bonchev–Trinajstić information content (AvgIpc) is 3.25. The molecule has 3 rings (SSSR count). The molecule has 25 nitrogen and oxygen atoms in total. The van der Waals surface area contributed by atoms with Crippen molar-refractivity contribution in [3.05, 3.63) is 0 Å². The van der Waals surface area contributed by atoms with Gasteiger partial charge in [-0.25, -0.2) is 9.13 Å². The van der Waals surface area contributed by atoms with Gasteiger partial charge in [-0.15, -0.1) is 0 Å². The van der Waals surface area contributed by atoms with Crippen LogP contribution in [-0.2, 0) is 41.5 Å². The van der Waals surface area contributed by atoms with Crippen molar-refractivity contribution < 1.29 is 118 Å². The Morgan fingerprint density at radius 3 is 1.18 bits per heavy atom. The van der Waals surface area contributed by atoms with Crippen LogP contribution in [-0.4, -0.2) is 211 Å². The lowest BCUT2D eigenvalue weighted by Crippen LogP contribution is -2.67. The molecule has 0 spiro atoms. The number of ether oxygens (including phenoxy) is 2. The highest BCUT2D eigenvalue weighted by Crippen LogP contribution is 2.49. The summed E-state index contributed by atoms with van der Waals surface area (Å²) in [6, 6.07) is -1.24. The average molecular weight is 1270 g/mol.